The Morgan fingerprint density at radius 1 is 1.35 bits per heavy atom. The van der Waals surface area contributed by atoms with Crippen LogP contribution in [0.2, 0.25) is 5.02 Å². The number of rotatable bonds is 3. The molecule has 3 heteroatoms. The van der Waals surface area contributed by atoms with Crippen LogP contribution in [0.15, 0.2) is 18.2 Å². The first-order valence-electron chi connectivity index (χ1n) is 5.99. The van der Waals surface area contributed by atoms with Gasteiger partial charge in [-0.1, -0.05) is 37.6 Å². The third-order valence-corrected chi connectivity index (χ3v) is 3.96. The van der Waals surface area contributed by atoms with Gasteiger partial charge in [0.25, 0.3) is 0 Å². The van der Waals surface area contributed by atoms with Crippen molar-refractivity contribution in [3.8, 4) is 0 Å². The summed E-state index contributed by atoms with van der Waals surface area (Å²) in [6, 6.07) is 5.31. The normalized spacial score (nSPS) is 21.0. The minimum Gasteiger partial charge on any atom is -0.319 e. The minimum absolute atomic E-state index is 0.0900. The maximum absolute atomic E-state index is 14.1. The fourth-order valence-corrected chi connectivity index (χ4v) is 3.62. The standard InChI is InChI=1S/C14H19ClFN/c1-13(2)7-14(8-13,9-17-3)10-5-4-6-11(15)12(10)16/h4-6,17H,7-9H2,1-3H3. The van der Waals surface area contributed by atoms with Crippen molar-refractivity contribution < 1.29 is 4.39 Å². The van der Waals surface area contributed by atoms with Crippen molar-refractivity contribution in [2.75, 3.05) is 13.6 Å². The molecule has 1 saturated carbocycles. The molecule has 0 unspecified atom stereocenters. The van der Waals surface area contributed by atoms with Gasteiger partial charge in [-0.25, -0.2) is 4.39 Å². The van der Waals surface area contributed by atoms with E-state index in [2.05, 4.69) is 19.2 Å². The number of benzene rings is 1. The second kappa shape index (κ2) is 4.25. The summed E-state index contributed by atoms with van der Waals surface area (Å²) in [5.41, 5.74) is 0.970. The predicted molar refractivity (Wildman–Crippen MR) is 70.0 cm³/mol. The number of hydrogen-bond donors (Lipinski definition) is 1. The molecule has 1 fully saturated rings. The summed E-state index contributed by atoms with van der Waals surface area (Å²) in [6.07, 6.45) is 2.00. The Bertz CT molecular complexity index is 420. The monoisotopic (exact) mass is 255 g/mol. The SMILES string of the molecule is CNCC1(c2cccc(Cl)c2F)CC(C)(C)C1. The van der Waals surface area contributed by atoms with Crippen LogP contribution in [-0.2, 0) is 5.41 Å². The summed E-state index contributed by atoms with van der Waals surface area (Å²) < 4.78 is 14.1. The molecule has 2 rings (SSSR count). The lowest BCUT2D eigenvalue weighted by molar-refractivity contribution is 0.0551. The van der Waals surface area contributed by atoms with Gasteiger partial charge < -0.3 is 5.32 Å². The molecule has 1 N–H and O–H groups in total. The van der Waals surface area contributed by atoms with E-state index >= 15 is 0 Å². The summed E-state index contributed by atoms with van der Waals surface area (Å²) in [7, 11) is 1.91. The summed E-state index contributed by atoms with van der Waals surface area (Å²) >= 11 is 5.88. The van der Waals surface area contributed by atoms with Crippen molar-refractivity contribution in [1.29, 1.82) is 0 Å². The largest absolute Gasteiger partial charge is 0.319 e. The lowest BCUT2D eigenvalue weighted by Gasteiger charge is -2.54. The maximum atomic E-state index is 14.1. The van der Waals surface area contributed by atoms with Crippen molar-refractivity contribution in [1.82, 2.24) is 5.32 Å². The van der Waals surface area contributed by atoms with E-state index in [1.165, 1.54) is 0 Å². The highest BCUT2D eigenvalue weighted by molar-refractivity contribution is 6.30. The van der Waals surface area contributed by atoms with Crippen molar-refractivity contribution in [3.05, 3.63) is 34.6 Å². The van der Waals surface area contributed by atoms with Gasteiger partial charge in [0.1, 0.15) is 5.82 Å². The Labute approximate surface area is 107 Å². The summed E-state index contributed by atoms with van der Waals surface area (Å²) in [4.78, 5) is 0. The van der Waals surface area contributed by atoms with E-state index in [-0.39, 0.29) is 16.3 Å². The third kappa shape index (κ3) is 2.21. The van der Waals surface area contributed by atoms with Gasteiger partial charge in [-0.05, 0) is 36.9 Å². The molecule has 94 valence electrons. The number of likely N-dealkylation sites (N-methyl/N-ethyl adjacent to an activating group) is 1. The second-order valence-corrected chi connectivity index (χ2v) is 6.34. The van der Waals surface area contributed by atoms with E-state index in [0.29, 0.717) is 5.41 Å². The molecule has 0 radical (unpaired) electrons. The van der Waals surface area contributed by atoms with Crippen molar-refractivity contribution >= 4 is 11.6 Å². The fraction of sp³-hybridized carbons (Fsp3) is 0.571. The van der Waals surface area contributed by atoms with E-state index in [1.54, 1.807) is 6.07 Å². The zero-order chi connectivity index (χ0) is 12.7. The molecule has 1 aliphatic rings. The first-order chi connectivity index (χ1) is 7.90. The van der Waals surface area contributed by atoms with Gasteiger partial charge in [-0.3, -0.25) is 0 Å². The molecule has 0 aromatic heterocycles. The molecule has 1 aliphatic carbocycles. The van der Waals surface area contributed by atoms with Crippen LogP contribution in [0.3, 0.4) is 0 Å². The predicted octanol–water partition coefficient (Wildman–Crippen LogP) is 3.76. The van der Waals surface area contributed by atoms with E-state index in [9.17, 15) is 4.39 Å². The molecule has 1 aromatic carbocycles. The quantitative estimate of drug-likeness (QED) is 0.867. The molecule has 1 aromatic rings. The number of hydrogen-bond acceptors (Lipinski definition) is 1. The number of nitrogens with one attached hydrogen (secondary N) is 1. The van der Waals surface area contributed by atoms with Gasteiger partial charge >= 0.3 is 0 Å². The van der Waals surface area contributed by atoms with Crippen molar-refractivity contribution in [3.63, 3.8) is 0 Å². The smallest absolute Gasteiger partial charge is 0.145 e. The van der Waals surface area contributed by atoms with Gasteiger partial charge in [0, 0.05) is 12.0 Å². The molecular weight excluding hydrogens is 237 g/mol. The van der Waals surface area contributed by atoms with Gasteiger partial charge in [0.15, 0.2) is 0 Å². The molecule has 0 aliphatic heterocycles. The van der Waals surface area contributed by atoms with Gasteiger partial charge in [0.05, 0.1) is 5.02 Å². The van der Waals surface area contributed by atoms with Crippen LogP contribution in [0.5, 0.6) is 0 Å². The average Bonchev–Trinajstić information content (AvgIpc) is 2.19. The lowest BCUT2D eigenvalue weighted by atomic mass is 9.52. The van der Waals surface area contributed by atoms with Crippen molar-refractivity contribution in [2.45, 2.75) is 32.1 Å². The van der Waals surface area contributed by atoms with Crippen LogP contribution in [0.1, 0.15) is 32.3 Å². The van der Waals surface area contributed by atoms with Gasteiger partial charge in [0.2, 0.25) is 0 Å². The maximum Gasteiger partial charge on any atom is 0.145 e. The van der Waals surface area contributed by atoms with Crippen LogP contribution < -0.4 is 5.32 Å². The zero-order valence-electron chi connectivity index (χ0n) is 10.6. The van der Waals surface area contributed by atoms with Crippen LogP contribution in [0.25, 0.3) is 0 Å². The zero-order valence-corrected chi connectivity index (χ0v) is 11.4. The first kappa shape index (κ1) is 12.8. The molecule has 17 heavy (non-hydrogen) atoms. The molecule has 1 nitrogen and oxygen atoms in total. The van der Waals surface area contributed by atoms with Crippen molar-refractivity contribution in [2.24, 2.45) is 5.41 Å². The molecule has 0 heterocycles. The number of halogens is 2. The van der Waals surface area contributed by atoms with Gasteiger partial charge in [-0.15, -0.1) is 0 Å². The third-order valence-electron chi connectivity index (χ3n) is 3.67. The topological polar surface area (TPSA) is 12.0 Å². The second-order valence-electron chi connectivity index (χ2n) is 5.93. The first-order valence-corrected chi connectivity index (χ1v) is 6.37. The molecule has 0 saturated heterocycles. The average molecular weight is 256 g/mol. The Hall–Kier alpha value is -0.600. The summed E-state index contributed by atoms with van der Waals surface area (Å²) in [6.45, 7) is 5.25. The van der Waals surface area contributed by atoms with Crippen LogP contribution in [0.4, 0.5) is 4.39 Å². The van der Waals surface area contributed by atoms with Gasteiger partial charge in [-0.2, -0.15) is 0 Å². The summed E-state index contributed by atoms with van der Waals surface area (Å²) in [5.74, 6) is -0.250. The molecule has 0 amide bonds. The van der Waals surface area contributed by atoms with E-state index in [1.807, 2.05) is 19.2 Å². The van der Waals surface area contributed by atoms with E-state index in [0.717, 1.165) is 24.9 Å². The highest BCUT2D eigenvalue weighted by atomic mass is 35.5. The molecule has 0 atom stereocenters. The Morgan fingerprint density at radius 2 is 2.00 bits per heavy atom. The minimum atomic E-state index is -0.250. The van der Waals surface area contributed by atoms with Crippen LogP contribution >= 0.6 is 11.6 Å². The fourth-order valence-electron chi connectivity index (χ4n) is 3.44. The Morgan fingerprint density at radius 3 is 2.53 bits per heavy atom. The van der Waals surface area contributed by atoms with E-state index < -0.39 is 0 Å². The lowest BCUT2D eigenvalue weighted by Crippen LogP contribution is -2.52. The molecule has 0 bridgehead atoms. The molecular formula is C14H19ClFN. The van der Waals surface area contributed by atoms with Crippen LogP contribution in [-0.4, -0.2) is 13.6 Å². The Balaban J connectivity index is 2.38. The molecule has 0 spiro atoms. The summed E-state index contributed by atoms with van der Waals surface area (Å²) in [5, 5.41) is 3.41. The highest BCUT2D eigenvalue weighted by Crippen LogP contribution is 2.55. The van der Waals surface area contributed by atoms with E-state index in [4.69, 9.17) is 11.6 Å². The Kier molecular flexibility index (Phi) is 3.21. The van der Waals surface area contributed by atoms with Crippen LogP contribution in [0, 0.1) is 11.2 Å². The highest BCUT2D eigenvalue weighted by Gasteiger charge is 2.50.